The van der Waals surface area contributed by atoms with Crippen LogP contribution in [0.5, 0.6) is 0 Å². The molecule has 1 fully saturated rings. The summed E-state index contributed by atoms with van der Waals surface area (Å²) in [6.45, 7) is 1.83. The SMILES string of the molecule is N#Cc1ccc(N2CC[C@@H](N)C2)cc1Cl. The number of hydrogen-bond acceptors (Lipinski definition) is 3. The number of anilines is 1. The lowest BCUT2D eigenvalue weighted by Crippen LogP contribution is -2.26. The summed E-state index contributed by atoms with van der Waals surface area (Å²) >= 11 is 5.96. The summed E-state index contributed by atoms with van der Waals surface area (Å²) in [5.41, 5.74) is 7.40. The van der Waals surface area contributed by atoms with Crippen LogP contribution in [0, 0.1) is 11.3 Å². The highest BCUT2D eigenvalue weighted by molar-refractivity contribution is 6.32. The van der Waals surface area contributed by atoms with Crippen LogP contribution in [0.2, 0.25) is 5.02 Å². The zero-order valence-corrected chi connectivity index (χ0v) is 9.04. The highest BCUT2D eigenvalue weighted by atomic mass is 35.5. The Morgan fingerprint density at radius 2 is 2.33 bits per heavy atom. The van der Waals surface area contributed by atoms with Crippen LogP contribution < -0.4 is 10.6 Å². The van der Waals surface area contributed by atoms with Crippen molar-refractivity contribution in [2.75, 3.05) is 18.0 Å². The first kappa shape index (κ1) is 10.3. The molecule has 1 aliphatic heterocycles. The molecule has 0 bridgehead atoms. The molecule has 2 N–H and O–H groups in total. The first-order valence-electron chi connectivity index (χ1n) is 4.91. The maximum absolute atomic E-state index is 8.75. The minimum Gasteiger partial charge on any atom is -0.370 e. The summed E-state index contributed by atoms with van der Waals surface area (Å²) in [5, 5.41) is 9.26. The van der Waals surface area contributed by atoms with E-state index in [0.29, 0.717) is 10.6 Å². The molecule has 0 radical (unpaired) electrons. The van der Waals surface area contributed by atoms with Crippen molar-refractivity contribution >= 4 is 17.3 Å². The van der Waals surface area contributed by atoms with Crippen LogP contribution in [0.15, 0.2) is 18.2 Å². The van der Waals surface area contributed by atoms with Gasteiger partial charge < -0.3 is 10.6 Å². The lowest BCUT2D eigenvalue weighted by molar-refractivity contribution is 0.752. The highest BCUT2D eigenvalue weighted by Gasteiger charge is 2.19. The molecule has 0 saturated carbocycles. The van der Waals surface area contributed by atoms with E-state index in [1.165, 1.54) is 0 Å². The van der Waals surface area contributed by atoms with Gasteiger partial charge >= 0.3 is 0 Å². The fraction of sp³-hybridized carbons (Fsp3) is 0.364. The van der Waals surface area contributed by atoms with E-state index in [-0.39, 0.29) is 6.04 Å². The number of rotatable bonds is 1. The van der Waals surface area contributed by atoms with E-state index >= 15 is 0 Å². The van der Waals surface area contributed by atoms with Crippen molar-refractivity contribution < 1.29 is 0 Å². The van der Waals surface area contributed by atoms with Gasteiger partial charge in [-0.05, 0) is 24.6 Å². The van der Waals surface area contributed by atoms with Crippen LogP contribution in [0.25, 0.3) is 0 Å². The Hall–Kier alpha value is -1.24. The van der Waals surface area contributed by atoms with Crippen molar-refractivity contribution in [3.63, 3.8) is 0 Å². The van der Waals surface area contributed by atoms with Crippen LogP contribution in [0.3, 0.4) is 0 Å². The third kappa shape index (κ3) is 2.06. The average Bonchev–Trinajstić information content (AvgIpc) is 2.65. The van der Waals surface area contributed by atoms with Gasteiger partial charge in [-0.3, -0.25) is 0 Å². The first-order valence-corrected chi connectivity index (χ1v) is 5.28. The van der Waals surface area contributed by atoms with Crippen molar-refractivity contribution in [2.24, 2.45) is 5.73 Å². The summed E-state index contributed by atoms with van der Waals surface area (Å²) in [6.07, 6.45) is 1.01. The Kier molecular flexibility index (Phi) is 2.81. The van der Waals surface area contributed by atoms with Crippen molar-refractivity contribution in [2.45, 2.75) is 12.5 Å². The fourth-order valence-corrected chi connectivity index (χ4v) is 2.03. The van der Waals surface area contributed by atoms with Gasteiger partial charge in [-0.2, -0.15) is 5.26 Å². The monoisotopic (exact) mass is 221 g/mol. The molecule has 1 aromatic rings. The van der Waals surface area contributed by atoms with Crippen LogP contribution in [0.1, 0.15) is 12.0 Å². The molecule has 0 unspecified atom stereocenters. The van der Waals surface area contributed by atoms with E-state index in [1.54, 1.807) is 6.07 Å². The van der Waals surface area contributed by atoms with E-state index in [4.69, 9.17) is 22.6 Å². The maximum Gasteiger partial charge on any atom is 0.101 e. The van der Waals surface area contributed by atoms with E-state index in [9.17, 15) is 0 Å². The summed E-state index contributed by atoms with van der Waals surface area (Å²) in [5.74, 6) is 0. The first-order chi connectivity index (χ1) is 7.20. The number of benzene rings is 1. The van der Waals surface area contributed by atoms with Crippen molar-refractivity contribution in [1.82, 2.24) is 0 Å². The highest BCUT2D eigenvalue weighted by Crippen LogP contribution is 2.25. The van der Waals surface area contributed by atoms with Crippen LogP contribution >= 0.6 is 11.6 Å². The molecular weight excluding hydrogens is 210 g/mol. The molecule has 4 heteroatoms. The van der Waals surface area contributed by atoms with Gasteiger partial charge in [-0.25, -0.2) is 0 Å². The van der Waals surface area contributed by atoms with E-state index in [2.05, 4.69) is 4.90 Å². The number of nitrogens with zero attached hydrogens (tertiary/aromatic N) is 2. The Morgan fingerprint density at radius 1 is 1.53 bits per heavy atom. The van der Waals surface area contributed by atoms with Gasteiger partial charge in [0.2, 0.25) is 0 Å². The summed E-state index contributed by atoms with van der Waals surface area (Å²) in [6, 6.07) is 7.80. The molecule has 2 rings (SSSR count). The predicted octanol–water partition coefficient (Wildman–Crippen LogP) is 1.75. The minimum atomic E-state index is 0.249. The average molecular weight is 222 g/mol. The van der Waals surface area contributed by atoms with Crippen LogP contribution in [-0.2, 0) is 0 Å². The molecule has 0 amide bonds. The number of hydrogen-bond donors (Lipinski definition) is 1. The van der Waals surface area contributed by atoms with E-state index in [0.717, 1.165) is 25.2 Å². The maximum atomic E-state index is 8.75. The fourth-order valence-electron chi connectivity index (χ4n) is 1.81. The van der Waals surface area contributed by atoms with Gasteiger partial charge in [0.05, 0.1) is 10.6 Å². The van der Waals surface area contributed by atoms with Crippen molar-refractivity contribution in [1.29, 1.82) is 5.26 Å². The summed E-state index contributed by atoms with van der Waals surface area (Å²) < 4.78 is 0. The summed E-state index contributed by atoms with van der Waals surface area (Å²) in [4.78, 5) is 2.19. The minimum absolute atomic E-state index is 0.249. The molecule has 1 atom stereocenters. The third-order valence-corrected chi connectivity index (χ3v) is 2.98. The number of halogens is 1. The summed E-state index contributed by atoms with van der Waals surface area (Å²) in [7, 11) is 0. The zero-order valence-electron chi connectivity index (χ0n) is 8.28. The molecule has 0 aromatic heterocycles. The Morgan fingerprint density at radius 3 is 2.87 bits per heavy atom. The molecule has 1 heterocycles. The normalized spacial score (nSPS) is 20.3. The smallest absolute Gasteiger partial charge is 0.101 e. The molecule has 1 aliphatic rings. The Balaban J connectivity index is 2.24. The van der Waals surface area contributed by atoms with Gasteiger partial charge in [-0.1, -0.05) is 11.6 Å². The van der Waals surface area contributed by atoms with Gasteiger partial charge in [0.25, 0.3) is 0 Å². The van der Waals surface area contributed by atoms with Crippen LogP contribution in [-0.4, -0.2) is 19.1 Å². The molecule has 15 heavy (non-hydrogen) atoms. The lowest BCUT2D eigenvalue weighted by Gasteiger charge is -2.18. The second kappa shape index (κ2) is 4.09. The molecule has 78 valence electrons. The molecule has 3 nitrogen and oxygen atoms in total. The van der Waals surface area contributed by atoms with E-state index in [1.807, 2.05) is 18.2 Å². The largest absolute Gasteiger partial charge is 0.370 e. The molecule has 1 saturated heterocycles. The molecular formula is C11H12ClN3. The zero-order chi connectivity index (χ0) is 10.8. The lowest BCUT2D eigenvalue weighted by atomic mass is 10.2. The quantitative estimate of drug-likeness (QED) is 0.786. The standard InChI is InChI=1S/C11H12ClN3/c12-11-5-10(2-1-8(11)6-13)15-4-3-9(14)7-15/h1-2,5,9H,3-4,7,14H2/t9-/m1/s1. The van der Waals surface area contributed by atoms with Gasteiger partial charge in [0, 0.05) is 24.8 Å². The molecule has 1 aromatic carbocycles. The van der Waals surface area contributed by atoms with Gasteiger partial charge in [0.1, 0.15) is 6.07 Å². The topological polar surface area (TPSA) is 53.0 Å². The molecule has 0 spiro atoms. The van der Waals surface area contributed by atoms with Crippen molar-refractivity contribution in [3.8, 4) is 6.07 Å². The third-order valence-electron chi connectivity index (χ3n) is 2.66. The van der Waals surface area contributed by atoms with Gasteiger partial charge in [-0.15, -0.1) is 0 Å². The van der Waals surface area contributed by atoms with Crippen LogP contribution in [0.4, 0.5) is 5.69 Å². The van der Waals surface area contributed by atoms with Gasteiger partial charge in [0.15, 0.2) is 0 Å². The van der Waals surface area contributed by atoms with Crippen molar-refractivity contribution in [3.05, 3.63) is 28.8 Å². The Bertz CT molecular complexity index is 411. The number of nitriles is 1. The number of nitrogens with two attached hydrogens (primary N) is 1. The Labute approximate surface area is 94.0 Å². The predicted molar refractivity (Wildman–Crippen MR) is 61.0 cm³/mol. The second-order valence-corrected chi connectivity index (χ2v) is 4.18. The second-order valence-electron chi connectivity index (χ2n) is 3.77. The van der Waals surface area contributed by atoms with E-state index < -0.39 is 0 Å². The molecule has 0 aliphatic carbocycles.